The van der Waals surface area contributed by atoms with Gasteiger partial charge in [0.25, 0.3) is 0 Å². The standard InChI is InChI=1S/C19H30N2O2/c1-15(2)13-21(14-18(22)23-3)19(16-9-5-4-6-10-16)17-11-7-8-12-20-17/h7-8,11-12,15-16,19H,4-6,9-10,13-14H2,1-3H3. The highest BCUT2D eigenvalue weighted by atomic mass is 16.5. The van der Waals surface area contributed by atoms with Gasteiger partial charge in [0.2, 0.25) is 0 Å². The maximum atomic E-state index is 11.9. The summed E-state index contributed by atoms with van der Waals surface area (Å²) in [7, 11) is 1.46. The van der Waals surface area contributed by atoms with E-state index in [1.54, 1.807) is 0 Å². The summed E-state index contributed by atoms with van der Waals surface area (Å²) in [6.45, 7) is 5.61. The molecule has 0 spiro atoms. The van der Waals surface area contributed by atoms with E-state index in [-0.39, 0.29) is 12.0 Å². The van der Waals surface area contributed by atoms with Crippen molar-refractivity contribution in [3.8, 4) is 0 Å². The molecule has 1 saturated carbocycles. The minimum absolute atomic E-state index is 0.164. The van der Waals surface area contributed by atoms with Crippen molar-refractivity contribution in [3.63, 3.8) is 0 Å². The van der Waals surface area contributed by atoms with E-state index in [0.29, 0.717) is 18.4 Å². The van der Waals surface area contributed by atoms with Gasteiger partial charge >= 0.3 is 5.97 Å². The van der Waals surface area contributed by atoms with Gasteiger partial charge in [0, 0.05) is 12.7 Å². The minimum atomic E-state index is -0.164. The lowest BCUT2D eigenvalue weighted by atomic mass is 9.81. The highest BCUT2D eigenvalue weighted by Gasteiger charge is 2.32. The number of hydrogen-bond donors (Lipinski definition) is 0. The smallest absolute Gasteiger partial charge is 0.319 e. The normalized spacial score (nSPS) is 17.4. The molecule has 0 bridgehead atoms. The molecule has 1 fully saturated rings. The van der Waals surface area contributed by atoms with E-state index in [1.807, 2.05) is 18.3 Å². The highest BCUT2D eigenvalue weighted by molar-refractivity contribution is 5.71. The fraction of sp³-hybridized carbons (Fsp3) is 0.684. The average Bonchev–Trinajstić information content (AvgIpc) is 2.56. The number of aromatic nitrogens is 1. The Labute approximate surface area is 140 Å². The molecular weight excluding hydrogens is 288 g/mol. The van der Waals surface area contributed by atoms with Crippen LogP contribution in [-0.2, 0) is 9.53 Å². The van der Waals surface area contributed by atoms with E-state index in [1.165, 1.54) is 39.2 Å². The molecule has 2 rings (SSSR count). The van der Waals surface area contributed by atoms with Crippen molar-refractivity contribution in [2.24, 2.45) is 11.8 Å². The minimum Gasteiger partial charge on any atom is -0.468 e. The number of hydrogen-bond acceptors (Lipinski definition) is 4. The van der Waals surface area contributed by atoms with Crippen molar-refractivity contribution >= 4 is 5.97 Å². The molecule has 4 nitrogen and oxygen atoms in total. The van der Waals surface area contributed by atoms with Crippen LogP contribution in [0.2, 0.25) is 0 Å². The molecule has 0 saturated heterocycles. The zero-order valence-electron chi connectivity index (χ0n) is 14.7. The summed E-state index contributed by atoms with van der Waals surface area (Å²) >= 11 is 0. The molecule has 0 aromatic carbocycles. The maximum Gasteiger partial charge on any atom is 0.319 e. The predicted molar refractivity (Wildman–Crippen MR) is 92.0 cm³/mol. The molecule has 128 valence electrons. The lowest BCUT2D eigenvalue weighted by Gasteiger charge is -2.38. The van der Waals surface area contributed by atoms with Crippen LogP contribution in [0, 0.1) is 11.8 Å². The van der Waals surface area contributed by atoms with Gasteiger partial charge in [0.15, 0.2) is 0 Å². The monoisotopic (exact) mass is 318 g/mol. The van der Waals surface area contributed by atoms with Gasteiger partial charge in [-0.25, -0.2) is 0 Å². The number of ether oxygens (including phenoxy) is 1. The Bertz CT molecular complexity index is 470. The molecule has 0 radical (unpaired) electrons. The molecule has 1 atom stereocenters. The number of rotatable bonds is 7. The van der Waals surface area contributed by atoms with Crippen LogP contribution >= 0.6 is 0 Å². The quantitative estimate of drug-likeness (QED) is 0.717. The number of esters is 1. The van der Waals surface area contributed by atoms with Crippen LogP contribution in [0.15, 0.2) is 24.4 Å². The van der Waals surface area contributed by atoms with E-state index >= 15 is 0 Å². The lowest BCUT2D eigenvalue weighted by molar-refractivity contribution is -0.143. The van der Waals surface area contributed by atoms with Gasteiger partial charge in [-0.1, -0.05) is 39.2 Å². The molecule has 1 aliphatic rings. The molecule has 4 heteroatoms. The number of pyridine rings is 1. The number of methoxy groups -OCH3 is 1. The molecule has 1 aliphatic carbocycles. The molecule has 1 heterocycles. The molecular formula is C19H30N2O2. The van der Waals surface area contributed by atoms with E-state index in [0.717, 1.165) is 12.2 Å². The first kappa shape index (κ1) is 17.9. The summed E-state index contributed by atoms with van der Waals surface area (Å²) in [6.07, 6.45) is 8.18. The number of carbonyl (C=O) groups excluding carboxylic acids is 1. The summed E-state index contributed by atoms with van der Waals surface area (Å²) in [4.78, 5) is 18.8. The Morgan fingerprint density at radius 2 is 2.04 bits per heavy atom. The summed E-state index contributed by atoms with van der Waals surface area (Å²) in [5, 5.41) is 0. The van der Waals surface area contributed by atoms with Crippen molar-refractivity contribution in [1.82, 2.24) is 9.88 Å². The van der Waals surface area contributed by atoms with Crippen molar-refractivity contribution in [2.45, 2.75) is 52.0 Å². The van der Waals surface area contributed by atoms with Gasteiger partial charge in [-0.05, 0) is 36.8 Å². The third-order valence-corrected chi connectivity index (χ3v) is 4.64. The number of nitrogens with zero attached hydrogens (tertiary/aromatic N) is 2. The average molecular weight is 318 g/mol. The highest BCUT2D eigenvalue weighted by Crippen LogP contribution is 2.37. The summed E-state index contributed by atoms with van der Waals surface area (Å²) in [5.74, 6) is 0.902. The Morgan fingerprint density at radius 1 is 1.30 bits per heavy atom. The van der Waals surface area contributed by atoms with Gasteiger partial charge in [-0.2, -0.15) is 0 Å². The zero-order valence-corrected chi connectivity index (χ0v) is 14.7. The van der Waals surface area contributed by atoms with E-state index in [9.17, 15) is 4.79 Å². The third kappa shape index (κ3) is 5.31. The summed E-state index contributed by atoms with van der Waals surface area (Å²) < 4.78 is 4.93. The van der Waals surface area contributed by atoms with Crippen LogP contribution in [0.4, 0.5) is 0 Å². The maximum absolute atomic E-state index is 11.9. The van der Waals surface area contributed by atoms with Crippen LogP contribution in [0.25, 0.3) is 0 Å². The van der Waals surface area contributed by atoms with Crippen molar-refractivity contribution in [3.05, 3.63) is 30.1 Å². The van der Waals surface area contributed by atoms with Crippen LogP contribution in [-0.4, -0.2) is 36.1 Å². The Kier molecular flexibility index (Phi) is 7.03. The van der Waals surface area contributed by atoms with Crippen molar-refractivity contribution in [2.75, 3.05) is 20.2 Å². The molecule has 0 N–H and O–H groups in total. The van der Waals surface area contributed by atoms with Crippen LogP contribution in [0.1, 0.15) is 57.7 Å². The van der Waals surface area contributed by atoms with E-state index in [4.69, 9.17) is 4.74 Å². The van der Waals surface area contributed by atoms with Gasteiger partial charge in [-0.3, -0.25) is 14.7 Å². The zero-order chi connectivity index (χ0) is 16.7. The van der Waals surface area contributed by atoms with Gasteiger partial charge in [-0.15, -0.1) is 0 Å². The molecule has 0 amide bonds. The van der Waals surface area contributed by atoms with Gasteiger partial charge < -0.3 is 4.74 Å². The molecule has 23 heavy (non-hydrogen) atoms. The lowest BCUT2D eigenvalue weighted by Crippen LogP contribution is -2.41. The van der Waals surface area contributed by atoms with Crippen molar-refractivity contribution in [1.29, 1.82) is 0 Å². The largest absolute Gasteiger partial charge is 0.468 e. The van der Waals surface area contributed by atoms with Gasteiger partial charge in [0.1, 0.15) is 0 Å². The fourth-order valence-corrected chi connectivity index (χ4v) is 3.70. The predicted octanol–water partition coefficient (Wildman–Crippen LogP) is 3.83. The second-order valence-electron chi connectivity index (χ2n) is 7.00. The first-order valence-corrected chi connectivity index (χ1v) is 8.83. The van der Waals surface area contributed by atoms with Gasteiger partial charge in [0.05, 0.1) is 25.4 Å². The topological polar surface area (TPSA) is 42.4 Å². The SMILES string of the molecule is COC(=O)CN(CC(C)C)C(c1ccccn1)C1CCCCC1. The Morgan fingerprint density at radius 3 is 2.61 bits per heavy atom. The van der Waals surface area contributed by atoms with Crippen LogP contribution in [0.3, 0.4) is 0 Å². The first-order chi connectivity index (χ1) is 11.1. The molecule has 0 aliphatic heterocycles. The Hall–Kier alpha value is -1.42. The van der Waals surface area contributed by atoms with E-state index < -0.39 is 0 Å². The number of carbonyl (C=O) groups is 1. The summed E-state index contributed by atoms with van der Waals surface area (Å²) in [5.41, 5.74) is 1.09. The summed E-state index contributed by atoms with van der Waals surface area (Å²) in [6, 6.07) is 6.31. The second-order valence-corrected chi connectivity index (χ2v) is 7.00. The molecule has 1 unspecified atom stereocenters. The fourth-order valence-electron chi connectivity index (χ4n) is 3.70. The van der Waals surface area contributed by atoms with Crippen LogP contribution in [0.5, 0.6) is 0 Å². The van der Waals surface area contributed by atoms with Crippen LogP contribution < -0.4 is 0 Å². The third-order valence-electron chi connectivity index (χ3n) is 4.64. The second kappa shape index (κ2) is 9.02. The van der Waals surface area contributed by atoms with Crippen molar-refractivity contribution < 1.29 is 9.53 Å². The molecule has 1 aromatic rings. The molecule has 1 aromatic heterocycles. The van der Waals surface area contributed by atoms with E-state index in [2.05, 4.69) is 29.8 Å². The first-order valence-electron chi connectivity index (χ1n) is 8.83. The Balaban J connectivity index is 2.28.